The number of aromatic nitrogens is 2. The molecule has 1 aromatic heterocycles. The molecule has 1 saturated carbocycles. The lowest BCUT2D eigenvalue weighted by Crippen LogP contribution is -2.18. The van der Waals surface area contributed by atoms with Gasteiger partial charge in [-0.05, 0) is 31.2 Å². The maximum absolute atomic E-state index is 4.46. The van der Waals surface area contributed by atoms with Gasteiger partial charge >= 0.3 is 0 Å². The summed E-state index contributed by atoms with van der Waals surface area (Å²) >= 11 is 0. The van der Waals surface area contributed by atoms with Crippen LogP contribution in [0.3, 0.4) is 0 Å². The molecule has 1 N–H and O–H groups in total. The molecule has 0 aliphatic heterocycles. The van der Waals surface area contributed by atoms with Crippen LogP contribution in [0.2, 0.25) is 0 Å². The molecule has 0 bridgehead atoms. The van der Waals surface area contributed by atoms with Gasteiger partial charge in [-0.2, -0.15) is 4.98 Å². The number of hydrogen-bond acceptors (Lipinski definition) is 4. The summed E-state index contributed by atoms with van der Waals surface area (Å²) in [4.78, 5) is 10.6. The van der Waals surface area contributed by atoms with Gasteiger partial charge in [0.2, 0.25) is 5.95 Å². The van der Waals surface area contributed by atoms with Gasteiger partial charge in [0, 0.05) is 26.3 Å². The highest BCUT2D eigenvalue weighted by Gasteiger charge is 2.21. The molecule has 4 nitrogen and oxygen atoms in total. The molecule has 0 saturated heterocycles. The van der Waals surface area contributed by atoms with E-state index >= 15 is 0 Å². The van der Waals surface area contributed by atoms with Crippen molar-refractivity contribution in [1.82, 2.24) is 9.97 Å². The van der Waals surface area contributed by atoms with Gasteiger partial charge in [-0.15, -0.1) is 0 Å². The Labute approximate surface area is 97.1 Å². The van der Waals surface area contributed by atoms with Crippen LogP contribution in [0.1, 0.15) is 26.2 Å². The van der Waals surface area contributed by atoms with Crippen molar-refractivity contribution < 1.29 is 0 Å². The van der Waals surface area contributed by atoms with Crippen LogP contribution in [-0.2, 0) is 0 Å². The third-order valence-corrected chi connectivity index (χ3v) is 3.09. The number of nitrogens with zero attached hydrogens (tertiary/aromatic N) is 3. The molecule has 88 valence electrons. The Balaban J connectivity index is 2.01. The molecule has 4 heteroatoms. The van der Waals surface area contributed by atoms with E-state index in [4.69, 9.17) is 0 Å². The van der Waals surface area contributed by atoms with E-state index in [9.17, 15) is 0 Å². The van der Waals surface area contributed by atoms with Gasteiger partial charge in [-0.1, -0.05) is 6.92 Å². The van der Waals surface area contributed by atoms with E-state index in [-0.39, 0.29) is 0 Å². The minimum absolute atomic E-state index is 0.583. The van der Waals surface area contributed by atoms with Gasteiger partial charge in [0.1, 0.15) is 5.82 Å². The van der Waals surface area contributed by atoms with E-state index in [0.717, 1.165) is 17.7 Å². The van der Waals surface area contributed by atoms with E-state index in [2.05, 4.69) is 22.2 Å². The van der Waals surface area contributed by atoms with E-state index < -0.39 is 0 Å². The summed E-state index contributed by atoms with van der Waals surface area (Å²) in [7, 11) is 3.91. The van der Waals surface area contributed by atoms with Crippen molar-refractivity contribution in [3.8, 4) is 0 Å². The number of hydrogen-bond donors (Lipinski definition) is 1. The van der Waals surface area contributed by atoms with E-state index in [0.29, 0.717) is 6.04 Å². The minimum atomic E-state index is 0.583. The zero-order chi connectivity index (χ0) is 11.5. The van der Waals surface area contributed by atoms with E-state index in [1.54, 1.807) is 0 Å². The third kappa shape index (κ3) is 2.62. The Bertz CT molecular complexity index is 351. The monoisotopic (exact) mass is 220 g/mol. The quantitative estimate of drug-likeness (QED) is 0.847. The molecule has 16 heavy (non-hydrogen) atoms. The van der Waals surface area contributed by atoms with Crippen LogP contribution in [-0.4, -0.2) is 30.1 Å². The Hall–Kier alpha value is -1.32. The van der Waals surface area contributed by atoms with E-state index in [1.165, 1.54) is 19.3 Å². The summed E-state index contributed by atoms with van der Waals surface area (Å²) in [6, 6.07) is 2.52. The van der Waals surface area contributed by atoms with Crippen LogP contribution in [0, 0.1) is 5.92 Å². The van der Waals surface area contributed by atoms with Crippen molar-refractivity contribution in [2.24, 2.45) is 5.92 Å². The van der Waals surface area contributed by atoms with Crippen LogP contribution in [0.4, 0.5) is 11.8 Å². The highest BCUT2D eigenvalue weighted by atomic mass is 15.2. The van der Waals surface area contributed by atoms with Gasteiger partial charge < -0.3 is 10.2 Å². The fourth-order valence-corrected chi connectivity index (χ4v) is 2.19. The van der Waals surface area contributed by atoms with E-state index in [1.807, 2.05) is 31.3 Å². The highest BCUT2D eigenvalue weighted by molar-refractivity contribution is 5.41. The van der Waals surface area contributed by atoms with Crippen LogP contribution < -0.4 is 10.2 Å². The lowest BCUT2D eigenvalue weighted by Gasteiger charge is -2.15. The second-order valence-corrected chi connectivity index (χ2v) is 4.90. The average Bonchev–Trinajstić information content (AvgIpc) is 2.64. The lowest BCUT2D eigenvalue weighted by atomic mass is 10.1. The molecule has 1 aliphatic rings. The number of anilines is 2. The maximum atomic E-state index is 4.46. The van der Waals surface area contributed by atoms with Crippen molar-refractivity contribution >= 4 is 11.8 Å². The Morgan fingerprint density at radius 1 is 1.38 bits per heavy atom. The molecule has 0 radical (unpaired) electrons. The summed E-state index contributed by atoms with van der Waals surface area (Å²) in [6.45, 7) is 2.31. The first-order valence-electron chi connectivity index (χ1n) is 5.92. The van der Waals surface area contributed by atoms with Gasteiger partial charge in [-0.25, -0.2) is 4.98 Å². The molecule has 2 atom stereocenters. The van der Waals surface area contributed by atoms with Crippen LogP contribution >= 0.6 is 0 Å². The number of rotatable bonds is 3. The van der Waals surface area contributed by atoms with Crippen molar-refractivity contribution in [2.75, 3.05) is 24.3 Å². The highest BCUT2D eigenvalue weighted by Crippen LogP contribution is 2.27. The van der Waals surface area contributed by atoms with Crippen LogP contribution in [0.5, 0.6) is 0 Å². The summed E-state index contributed by atoms with van der Waals surface area (Å²) in [5.74, 6) is 2.54. The van der Waals surface area contributed by atoms with Crippen molar-refractivity contribution in [2.45, 2.75) is 32.2 Å². The molecule has 0 spiro atoms. The molecule has 2 rings (SSSR count). The standard InChI is InChI=1S/C12H20N4/c1-9-4-5-10(8-9)14-11-6-7-13-12(15-11)16(2)3/h6-7,9-10H,4-5,8H2,1-3H3,(H,13,14,15). The fourth-order valence-electron chi connectivity index (χ4n) is 2.19. The van der Waals surface area contributed by atoms with Crippen molar-refractivity contribution in [3.63, 3.8) is 0 Å². The molecular weight excluding hydrogens is 200 g/mol. The second-order valence-electron chi connectivity index (χ2n) is 4.90. The Morgan fingerprint density at radius 2 is 2.19 bits per heavy atom. The third-order valence-electron chi connectivity index (χ3n) is 3.09. The molecule has 0 aromatic carbocycles. The van der Waals surface area contributed by atoms with Gasteiger partial charge in [0.15, 0.2) is 0 Å². The summed E-state index contributed by atoms with van der Waals surface area (Å²) < 4.78 is 0. The molecule has 1 aromatic rings. The van der Waals surface area contributed by atoms with Gasteiger partial charge in [0.25, 0.3) is 0 Å². The van der Waals surface area contributed by atoms with Crippen LogP contribution in [0.15, 0.2) is 12.3 Å². The normalized spacial score (nSPS) is 24.4. The molecule has 2 unspecified atom stereocenters. The predicted molar refractivity (Wildman–Crippen MR) is 66.8 cm³/mol. The van der Waals surface area contributed by atoms with Gasteiger partial charge in [-0.3, -0.25) is 0 Å². The molecule has 1 aliphatic carbocycles. The predicted octanol–water partition coefficient (Wildman–Crippen LogP) is 2.14. The van der Waals surface area contributed by atoms with Gasteiger partial charge in [0.05, 0.1) is 0 Å². The smallest absolute Gasteiger partial charge is 0.226 e. The van der Waals surface area contributed by atoms with Crippen LogP contribution in [0.25, 0.3) is 0 Å². The second kappa shape index (κ2) is 4.68. The van der Waals surface area contributed by atoms with Crippen molar-refractivity contribution in [3.05, 3.63) is 12.3 Å². The summed E-state index contributed by atoms with van der Waals surface area (Å²) in [6.07, 6.45) is 5.64. The lowest BCUT2D eigenvalue weighted by molar-refractivity contribution is 0.602. The first-order valence-corrected chi connectivity index (χ1v) is 5.92. The number of nitrogens with one attached hydrogen (secondary N) is 1. The molecule has 1 fully saturated rings. The Kier molecular flexibility index (Phi) is 3.27. The summed E-state index contributed by atoms with van der Waals surface area (Å²) in [5.41, 5.74) is 0. The molecular formula is C12H20N4. The first-order chi connectivity index (χ1) is 7.65. The van der Waals surface area contributed by atoms with Crippen molar-refractivity contribution in [1.29, 1.82) is 0 Å². The maximum Gasteiger partial charge on any atom is 0.226 e. The first kappa shape index (κ1) is 11.2. The minimum Gasteiger partial charge on any atom is -0.367 e. The summed E-state index contributed by atoms with van der Waals surface area (Å²) in [5, 5.41) is 3.49. The molecule has 0 amide bonds. The zero-order valence-electron chi connectivity index (χ0n) is 10.3. The average molecular weight is 220 g/mol. The SMILES string of the molecule is CC1CCC(Nc2ccnc(N(C)C)n2)C1. The largest absolute Gasteiger partial charge is 0.367 e. The topological polar surface area (TPSA) is 41.1 Å². The Morgan fingerprint density at radius 3 is 2.81 bits per heavy atom. The zero-order valence-corrected chi connectivity index (χ0v) is 10.3. The fraction of sp³-hybridized carbons (Fsp3) is 0.667. The molecule has 1 heterocycles.